The first-order chi connectivity index (χ1) is 9.22. The number of aromatic nitrogens is 2. The van der Waals surface area contributed by atoms with E-state index in [0.717, 1.165) is 13.0 Å². The predicted molar refractivity (Wildman–Crippen MR) is 71.0 cm³/mol. The predicted octanol–water partition coefficient (Wildman–Crippen LogP) is 2.00. The Morgan fingerprint density at radius 2 is 2.47 bits per heavy atom. The highest BCUT2D eigenvalue weighted by molar-refractivity contribution is 7.09. The van der Waals surface area contributed by atoms with E-state index in [4.69, 9.17) is 4.52 Å². The van der Waals surface area contributed by atoms with Crippen molar-refractivity contribution < 1.29 is 9.32 Å². The molecule has 1 atom stereocenters. The van der Waals surface area contributed by atoms with Crippen molar-refractivity contribution in [2.45, 2.75) is 25.7 Å². The fourth-order valence-corrected chi connectivity index (χ4v) is 3.03. The van der Waals surface area contributed by atoms with Gasteiger partial charge in [-0.1, -0.05) is 11.2 Å². The largest absolute Gasteiger partial charge is 0.342 e. The number of thiophene rings is 1. The van der Waals surface area contributed by atoms with Crippen molar-refractivity contribution in [2.24, 2.45) is 0 Å². The van der Waals surface area contributed by atoms with Gasteiger partial charge in [-0.3, -0.25) is 4.79 Å². The summed E-state index contributed by atoms with van der Waals surface area (Å²) in [5.41, 5.74) is 0. The van der Waals surface area contributed by atoms with Gasteiger partial charge in [0, 0.05) is 24.4 Å². The molecule has 5 nitrogen and oxygen atoms in total. The molecule has 100 valence electrons. The summed E-state index contributed by atoms with van der Waals surface area (Å²) in [6.45, 7) is 3.24. The van der Waals surface area contributed by atoms with Crippen LogP contribution in [0.25, 0.3) is 0 Å². The normalized spacial score (nSPS) is 19.3. The number of carbonyl (C=O) groups is 1. The monoisotopic (exact) mass is 277 g/mol. The van der Waals surface area contributed by atoms with Crippen LogP contribution < -0.4 is 0 Å². The lowest BCUT2D eigenvalue weighted by atomic mass is 10.1. The minimum atomic E-state index is 0.0528. The van der Waals surface area contributed by atoms with E-state index in [1.165, 1.54) is 4.88 Å². The third-order valence-electron chi connectivity index (χ3n) is 3.32. The highest BCUT2D eigenvalue weighted by atomic mass is 32.1. The summed E-state index contributed by atoms with van der Waals surface area (Å²) in [5.74, 6) is 1.44. The fraction of sp³-hybridized carbons (Fsp3) is 0.462. The maximum absolute atomic E-state index is 12.0. The molecule has 0 N–H and O–H groups in total. The molecule has 0 radical (unpaired) electrons. The standard InChI is InChI=1S/C13H15N3O2S/c1-9-14-13(18-15-9)10-7-12(17)16(8-10)5-4-11-3-2-6-19-11/h2-3,6,10H,4-5,7-8H2,1H3. The highest BCUT2D eigenvalue weighted by Crippen LogP contribution is 2.27. The van der Waals surface area contributed by atoms with Gasteiger partial charge in [-0.05, 0) is 24.8 Å². The zero-order chi connectivity index (χ0) is 13.2. The molecular formula is C13H15N3O2S. The van der Waals surface area contributed by atoms with Crippen molar-refractivity contribution in [3.8, 4) is 0 Å². The molecule has 1 aliphatic rings. The Kier molecular flexibility index (Phi) is 3.33. The fourth-order valence-electron chi connectivity index (χ4n) is 2.33. The van der Waals surface area contributed by atoms with E-state index in [-0.39, 0.29) is 11.8 Å². The second-order valence-electron chi connectivity index (χ2n) is 4.75. The number of aryl methyl sites for hydroxylation is 1. The van der Waals surface area contributed by atoms with Crippen molar-refractivity contribution in [3.63, 3.8) is 0 Å². The quantitative estimate of drug-likeness (QED) is 0.857. The first kappa shape index (κ1) is 12.3. The minimum Gasteiger partial charge on any atom is -0.342 e. The first-order valence-corrected chi connectivity index (χ1v) is 7.20. The second kappa shape index (κ2) is 5.13. The van der Waals surface area contributed by atoms with Gasteiger partial charge in [0.05, 0.1) is 5.92 Å². The molecule has 1 unspecified atom stereocenters. The lowest BCUT2D eigenvalue weighted by molar-refractivity contribution is -0.127. The Morgan fingerprint density at radius 1 is 1.58 bits per heavy atom. The van der Waals surface area contributed by atoms with E-state index in [2.05, 4.69) is 21.6 Å². The number of amides is 1. The van der Waals surface area contributed by atoms with E-state index in [1.807, 2.05) is 11.0 Å². The van der Waals surface area contributed by atoms with Crippen molar-refractivity contribution in [2.75, 3.05) is 13.1 Å². The van der Waals surface area contributed by atoms with Gasteiger partial charge >= 0.3 is 0 Å². The summed E-state index contributed by atoms with van der Waals surface area (Å²) >= 11 is 1.73. The van der Waals surface area contributed by atoms with Gasteiger partial charge in [0.15, 0.2) is 5.82 Å². The van der Waals surface area contributed by atoms with Crippen LogP contribution in [0.2, 0.25) is 0 Å². The summed E-state index contributed by atoms with van der Waals surface area (Å²) in [6.07, 6.45) is 1.39. The Morgan fingerprint density at radius 3 is 3.16 bits per heavy atom. The first-order valence-electron chi connectivity index (χ1n) is 6.33. The molecule has 0 bridgehead atoms. The average molecular weight is 277 g/mol. The van der Waals surface area contributed by atoms with Gasteiger partial charge < -0.3 is 9.42 Å². The number of likely N-dealkylation sites (tertiary alicyclic amines) is 1. The Labute approximate surface area is 115 Å². The van der Waals surface area contributed by atoms with Gasteiger partial charge in [-0.15, -0.1) is 11.3 Å². The molecule has 2 aromatic heterocycles. The smallest absolute Gasteiger partial charge is 0.232 e. The summed E-state index contributed by atoms with van der Waals surface area (Å²) in [5, 5.41) is 5.84. The molecule has 1 amide bonds. The molecule has 6 heteroatoms. The topological polar surface area (TPSA) is 59.2 Å². The molecule has 1 fully saturated rings. The van der Waals surface area contributed by atoms with Gasteiger partial charge in [0.25, 0.3) is 0 Å². The van der Waals surface area contributed by atoms with Crippen molar-refractivity contribution in [1.29, 1.82) is 0 Å². The molecule has 3 rings (SSSR count). The summed E-state index contributed by atoms with van der Waals surface area (Å²) in [4.78, 5) is 19.4. The lowest BCUT2D eigenvalue weighted by Crippen LogP contribution is -2.27. The third kappa shape index (κ3) is 2.68. The number of nitrogens with zero attached hydrogens (tertiary/aromatic N) is 3. The molecule has 0 aliphatic carbocycles. The van der Waals surface area contributed by atoms with Crippen LogP contribution in [-0.2, 0) is 11.2 Å². The van der Waals surface area contributed by atoms with Crippen LogP contribution in [0.1, 0.15) is 28.9 Å². The molecule has 3 heterocycles. The summed E-state index contributed by atoms with van der Waals surface area (Å²) in [7, 11) is 0. The van der Waals surface area contributed by atoms with Crippen LogP contribution in [0, 0.1) is 6.92 Å². The van der Waals surface area contributed by atoms with Gasteiger partial charge in [-0.2, -0.15) is 4.98 Å². The minimum absolute atomic E-state index is 0.0528. The molecule has 0 saturated carbocycles. The maximum atomic E-state index is 12.0. The SMILES string of the molecule is Cc1noc(C2CC(=O)N(CCc3cccs3)C2)n1. The number of rotatable bonds is 4. The van der Waals surface area contributed by atoms with Crippen LogP contribution in [0.5, 0.6) is 0 Å². The molecule has 0 aromatic carbocycles. The third-order valence-corrected chi connectivity index (χ3v) is 4.25. The van der Waals surface area contributed by atoms with E-state index in [9.17, 15) is 4.79 Å². The number of hydrogen-bond acceptors (Lipinski definition) is 5. The molecule has 0 spiro atoms. The van der Waals surface area contributed by atoms with Crippen LogP contribution in [0.4, 0.5) is 0 Å². The zero-order valence-electron chi connectivity index (χ0n) is 10.7. The molecule has 19 heavy (non-hydrogen) atoms. The average Bonchev–Trinajstić information content (AvgIpc) is 3.08. The van der Waals surface area contributed by atoms with E-state index in [1.54, 1.807) is 18.3 Å². The summed E-state index contributed by atoms with van der Waals surface area (Å²) < 4.78 is 5.16. The van der Waals surface area contributed by atoms with Gasteiger partial charge in [0.2, 0.25) is 11.8 Å². The van der Waals surface area contributed by atoms with Crippen molar-refractivity contribution in [3.05, 3.63) is 34.1 Å². The molecule has 1 saturated heterocycles. The molecular weight excluding hydrogens is 262 g/mol. The van der Waals surface area contributed by atoms with Crippen LogP contribution in [-0.4, -0.2) is 34.0 Å². The summed E-state index contributed by atoms with van der Waals surface area (Å²) in [6, 6.07) is 4.14. The Balaban J connectivity index is 1.60. The van der Waals surface area contributed by atoms with Crippen LogP contribution >= 0.6 is 11.3 Å². The lowest BCUT2D eigenvalue weighted by Gasteiger charge is -2.15. The second-order valence-corrected chi connectivity index (χ2v) is 5.78. The van der Waals surface area contributed by atoms with Gasteiger partial charge in [0.1, 0.15) is 0 Å². The molecule has 1 aliphatic heterocycles. The van der Waals surface area contributed by atoms with E-state index < -0.39 is 0 Å². The van der Waals surface area contributed by atoms with Crippen molar-refractivity contribution >= 4 is 17.2 Å². The zero-order valence-corrected chi connectivity index (χ0v) is 11.5. The van der Waals surface area contributed by atoms with E-state index in [0.29, 0.717) is 24.7 Å². The number of hydrogen-bond donors (Lipinski definition) is 0. The maximum Gasteiger partial charge on any atom is 0.232 e. The van der Waals surface area contributed by atoms with Crippen molar-refractivity contribution in [1.82, 2.24) is 15.0 Å². The number of carbonyl (C=O) groups excluding carboxylic acids is 1. The van der Waals surface area contributed by atoms with Crippen LogP contribution in [0.15, 0.2) is 22.0 Å². The highest BCUT2D eigenvalue weighted by Gasteiger charge is 2.33. The Hall–Kier alpha value is -1.69. The Bertz CT molecular complexity index is 564. The molecule has 2 aromatic rings. The van der Waals surface area contributed by atoms with Gasteiger partial charge in [-0.25, -0.2) is 0 Å². The van der Waals surface area contributed by atoms with E-state index >= 15 is 0 Å². The van der Waals surface area contributed by atoms with Crippen LogP contribution in [0.3, 0.4) is 0 Å².